The molecule has 66 valence electrons. The molecule has 0 amide bonds. The van der Waals surface area contributed by atoms with Crippen molar-refractivity contribution in [1.82, 2.24) is 0 Å². The van der Waals surface area contributed by atoms with E-state index in [0.717, 1.165) is 12.8 Å². The van der Waals surface area contributed by atoms with Crippen molar-refractivity contribution in [2.24, 2.45) is 0 Å². The molecular formula is C9H16F2. The van der Waals surface area contributed by atoms with Gasteiger partial charge in [-0.1, -0.05) is 13.3 Å². The Labute approximate surface area is 67.0 Å². The van der Waals surface area contributed by atoms with Gasteiger partial charge in [0.2, 0.25) is 0 Å². The fraction of sp³-hybridized carbons (Fsp3) is 1.00. The Balaban J connectivity index is 2.41. The Kier molecular flexibility index (Phi) is 2.85. The molecule has 2 atom stereocenters. The Morgan fingerprint density at radius 1 is 1.55 bits per heavy atom. The van der Waals surface area contributed by atoms with E-state index in [9.17, 15) is 8.78 Å². The summed E-state index contributed by atoms with van der Waals surface area (Å²) in [5.41, 5.74) is -1.17. The first kappa shape index (κ1) is 8.95. The molecule has 1 aliphatic carbocycles. The lowest BCUT2D eigenvalue weighted by Crippen LogP contribution is -2.31. The maximum absolute atomic E-state index is 13.6. The van der Waals surface area contributed by atoms with Crippen molar-refractivity contribution in [3.63, 3.8) is 0 Å². The van der Waals surface area contributed by atoms with Gasteiger partial charge in [0.05, 0.1) is 0 Å². The number of alkyl halides is 2. The second-order valence-corrected chi connectivity index (χ2v) is 3.59. The highest BCUT2D eigenvalue weighted by atomic mass is 19.2. The van der Waals surface area contributed by atoms with E-state index >= 15 is 0 Å². The lowest BCUT2D eigenvalue weighted by atomic mass is 9.82. The molecule has 0 N–H and O–H groups in total. The second kappa shape index (κ2) is 3.51. The van der Waals surface area contributed by atoms with Crippen LogP contribution in [0.2, 0.25) is 0 Å². The monoisotopic (exact) mass is 162 g/mol. The highest BCUT2D eigenvalue weighted by Gasteiger charge is 2.35. The third-order valence-electron chi connectivity index (χ3n) is 2.43. The maximum Gasteiger partial charge on any atom is 0.113 e. The SMILES string of the molecule is CCCC1(F)CCCC(F)C1. The Hall–Kier alpha value is -0.140. The minimum Gasteiger partial charge on any atom is -0.247 e. The van der Waals surface area contributed by atoms with Crippen molar-refractivity contribution >= 4 is 0 Å². The van der Waals surface area contributed by atoms with Gasteiger partial charge in [-0.15, -0.1) is 0 Å². The fourth-order valence-electron chi connectivity index (χ4n) is 1.92. The molecule has 1 aliphatic rings. The molecule has 0 nitrogen and oxygen atoms in total. The Morgan fingerprint density at radius 3 is 2.82 bits per heavy atom. The molecule has 0 spiro atoms. The fourth-order valence-corrected chi connectivity index (χ4v) is 1.92. The van der Waals surface area contributed by atoms with E-state index in [0.29, 0.717) is 19.3 Å². The van der Waals surface area contributed by atoms with Gasteiger partial charge in [0.15, 0.2) is 0 Å². The number of halogens is 2. The van der Waals surface area contributed by atoms with E-state index in [-0.39, 0.29) is 6.42 Å². The molecule has 0 bridgehead atoms. The minimum atomic E-state index is -1.17. The van der Waals surface area contributed by atoms with Crippen LogP contribution in [0.1, 0.15) is 45.4 Å². The molecule has 2 heteroatoms. The van der Waals surface area contributed by atoms with Crippen molar-refractivity contribution in [3.8, 4) is 0 Å². The molecule has 0 aromatic rings. The summed E-state index contributed by atoms with van der Waals surface area (Å²) in [6.07, 6.45) is 2.46. The van der Waals surface area contributed by atoms with Crippen LogP contribution in [0.5, 0.6) is 0 Å². The molecule has 1 fully saturated rings. The van der Waals surface area contributed by atoms with Crippen LogP contribution in [0.25, 0.3) is 0 Å². The summed E-state index contributed by atoms with van der Waals surface area (Å²) in [5, 5.41) is 0. The predicted molar refractivity (Wildman–Crippen MR) is 42.1 cm³/mol. The summed E-state index contributed by atoms with van der Waals surface area (Å²) in [6, 6.07) is 0. The van der Waals surface area contributed by atoms with Crippen molar-refractivity contribution in [2.45, 2.75) is 57.3 Å². The highest BCUT2D eigenvalue weighted by molar-refractivity contribution is 4.86. The zero-order chi connectivity index (χ0) is 8.32. The molecule has 0 aromatic heterocycles. The molecule has 0 heterocycles. The second-order valence-electron chi connectivity index (χ2n) is 3.59. The Morgan fingerprint density at radius 2 is 2.27 bits per heavy atom. The van der Waals surface area contributed by atoms with Gasteiger partial charge >= 0.3 is 0 Å². The Bertz CT molecular complexity index is 121. The topological polar surface area (TPSA) is 0 Å². The van der Waals surface area contributed by atoms with Gasteiger partial charge in [-0.3, -0.25) is 0 Å². The van der Waals surface area contributed by atoms with Gasteiger partial charge in [-0.05, 0) is 25.7 Å². The normalized spacial score (nSPS) is 39.0. The summed E-state index contributed by atoms with van der Waals surface area (Å²) in [4.78, 5) is 0. The summed E-state index contributed by atoms with van der Waals surface area (Å²) >= 11 is 0. The van der Waals surface area contributed by atoms with Crippen LogP contribution in [0.4, 0.5) is 8.78 Å². The summed E-state index contributed by atoms with van der Waals surface area (Å²) < 4.78 is 26.3. The van der Waals surface area contributed by atoms with Gasteiger partial charge in [0.25, 0.3) is 0 Å². The maximum atomic E-state index is 13.6. The molecule has 0 aliphatic heterocycles. The first-order chi connectivity index (χ1) is 5.16. The average molecular weight is 162 g/mol. The van der Waals surface area contributed by atoms with Crippen LogP contribution >= 0.6 is 0 Å². The summed E-state index contributed by atoms with van der Waals surface area (Å²) in [6.45, 7) is 1.95. The molecule has 0 aromatic carbocycles. The third kappa shape index (κ3) is 2.42. The number of rotatable bonds is 2. The van der Waals surface area contributed by atoms with Gasteiger partial charge in [-0.25, -0.2) is 8.78 Å². The van der Waals surface area contributed by atoms with Crippen LogP contribution in [0.15, 0.2) is 0 Å². The zero-order valence-electron chi connectivity index (χ0n) is 7.08. The van der Waals surface area contributed by atoms with Gasteiger partial charge in [0.1, 0.15) is 11.8 Å². The molecule has 1 saturated carbocycles. The quantitative estimate of drug-likeness (QED) is 0.583. The smallest absolute Gasteiger partial charge is 0.113 e. The van der Waals surface area contributed by atoms with Gasteiger partial charge < -0.3 is 0 Å². The first-order valence-electron chi connectivity index (χ1n) is 4.49. The van der Waals surface area contributed by atoms with E-state index in [1.807, 2.05) is 6.92 Å². The van der Waals surface area contributed by atoms with E-state index < -0.39 is 11.8 Å². The third-order valence-corrected chi connectivity index (χ3v) is 2.43. The predicted octanol–water partition coefficient (Wildman–Crippen LogP) is 3.41. The standard InChI is InChI=1S/C9H16F2/c1-2-5-9(11)6-3-4-8(10)7-9/h8H,2-7H2,1H3. The van der Waals surface area contributed by atoms with E-state index in [2.05, 4.69) is 0 Å². The van der Waals surface area contributed by atoms with Gasteiger partial charge in [0, 0.05) is 6.42 Å². The van der Waals surface area contributed by atoms with E-state index in [4.69, 9.17) is 0 Å². The van der Waals surface area contributed by atoms with Crippen LogP contribution in [-0.2, 0) is 0 Å². The molecule has 0 radical (unpaired) electrons. The molecule has 11 heavy (non-hydrogen) atoms. The van der Waals surface area contributed by atoms with Crippen LogP contribution in [0, 0.1) is 0 Å². The molecular weight excluding hydrogens is 146 g/mol. The molecule has 0 saturated heterocycles. The summed E-state index contributed by atoms with van der Waals surface area (Å²) in [5.74, 6) is 0. The lowest BCUT2D eigenvalue weighted by molar-refractivity contribution is 0.0500. The minimum absolute atomic E-state index is 0.140. The average Bonchev–Trinajstić information content (AvgIpc) is 1.86. The number of hydrogen-bond donors (Lipinski definition) is 0. The zero-order valence-corrected chi connectivity index (χ0v) is 7.08. The van der Waals surface area contributed by atoms with E-state index in [1.54, 1.807) is 0 Å². The van der Waals surface area contributed by atoms with Gasteiger partial charge in [-0.2, -0.15) is 0 Å². The van der Waals surface area contributed by atoms with Crippen LogP contribution in [-0.4, -0.2) is 11.8 Å². The van der Waals surface area contributed by atoms with Crippen molar-refractivity contribution in [2.75, 3.05) is 0 Å². The largest absolute Gasteiger partial charge is 0.247 e. The van der Waals surface area contributed by atoms with Crippen molar-refractivity contribution in [1.29, 1.82) is 0 Å². The lowest BCUT2D eigenvalue weighted by Gasteiger charge is -2.31. The number of hydrogen-bond acceptors (Lipinski definition) is 0. The van der Waals surface area contributed by atoms with Crippen LogP contribution < -0.4 is 0 Å². The highest BCUT2D eigenvalue weighted by Crippen LogP contribution is 2.36. The first-order valence-corrected chi connectivity index (χ1v) is 4.49. The molecule has 1 rings (SSSR count). The van der Waals surface area contributed by atoms with E-state index in [1.165, 1.54) is 0 Å². The van der Waals surface area contributed by atoms with Crippen LogP contribution in [0.3, 0.4) is 0 Å². The van der Waals surface area contributed by atoms with Crippen molar-refractivity contribution in [3.05, 3.63) is 0 Å². The molecule has 2 unspecified atom stereocenters. The van der Waals surface area contributed by atoms with Crippen molar-refractivity contribution < 1.29 is 8.78 Å². The summed E-state index contributed by atoms with van der Waals surface area (Å²) in [7, 11) is 0.